The Morgan fingerprint density at radius 2 is 2.30 bits per heavy atom. The standard InChI is InChI=1S/C14H15ClN4O/c1-20-14-17-7-11(15)13(19-14)18-12-5-2-8-6-9(16)3-4-10(8)12/h3-4,6-7,12H,2,5,16H2,1H3,(H,17,18,19). The lowest BCUT2D eigenvalue weighted by Crippen LogP contribution is -2.09. The Kier molecular flexibility index (Phi) is 3.36. The van der Waals surface area contributed by atoms with Crippen molar-refractivity contribution in [3.63, 3.8) is 0 Å². The first-order chi connectivity index (χ1) is 9.67. The first-order valence-corrected chi connectivity index (χ1v) is 6.76. The topological polar surface area (TPSA) is 73.1 Å². The average Bonchev–Trinajstić information content (AvgIpc) is 2.83. The van der Waals surface area contributed by atoms with Gasteiger partial charge in [0.05, 0.1) is 19.3 Å². The lowest BCUT2D eigenvalue weighted by atomic mass is 10.1. The third kappa shape index (κ3) is 2.36. The van der Waals surface area contributed by atoms with Crippen molar-refractivity contribution in [2.24, 2.45) is 0 Å². The molecule has 1 atom stereocenters. The summed E-state index contributed by atoms with van der Waals surface area (Å²) in [6.45, 7) is 0. The summed E-state index contributed by atoms with van der Waals surface area (Å²) in [5.74, 6) is 0.591. The molecule has 0 spiro atoms. The second kappa shape index (κ2) is 5.17. The van der Waals surface area contributed by atoms with E-state index in [9.17, 15) is 0 Å². The molecule has 104 valence electrons. The van der Waals surface area contributed by atoms with Crippen molar-refractivity contribution in [1.82, 2.24) is 9.97 Å². The van der Waals surface area contributed by atoms with Gasteiger partial charge in [-0.1, -0.05) is 17.7 Å². The number of anilines is 2. The van der Waals surface area contributed by atoms with E-state index in [1.54, 1.807) is 0 Å². The molecule has 0 amide bonds. The highest BCUT2D eigenvalue weighted by atomic mass is 35.5. The highest BCUT2D eigenvalue weighted by Gasteiger charge is 2.23. The van der Waals surface area contributed by atoms with Crippen LogP contribution in [0.1, 0.15) is 23.6 Å². The minimum absolute atomic E-state index is 0.183. The van der Waals surface area contributed by atoms with E-state index in [0.29, 0.717) is 16.9 Å². The number of halogens is 1. The number of ether oxygens (including phenoxy) is 1. The number of methoxy groups -OCH3 is 1. The van der Waals surface area contributed by atoms with E-state index < -0.39 is 0 Å². The Morgan fingerprint density at radius 3 is 3.10 bits per heavy atom. The maximum atomic E-state index is 6.12. The van der Waals surface area contributed by atoms with Gasteiger partial charge in [-0.3, -0.25) is 0 Å². The van der Waals surface area contributed by atoms with Gasteiger partial charge >= 0.3 is 6.01 Å². The third-order valence-electron chi connectivity index (χ3n) is 3.46. The summed E-state index contributed by atoms with van der Waals surface area (Å²) in [5, 5.41) is 3.84. The van der Waals surface area contributed by atoms with Crippen LogP contribution in [-0.4, -0.2) is 17.1 Å². The van der Waals surface area contributed by atoms with Gasteiger partial charge in [0.1, 0.15) is 5.02 Å². The van der Waals surface area contributed by atoms with Crippen LogP contribution in [0.5, 0.6) is 6.01 Å². The number of aryl methyl sites for hydroxylation is 1. The number of nitrogens with zero attached hydrogens (tertiary/aromatic N) is 2. The molecule has 1 aliphatic carbocycles. The molecule has 1 aliphatic rings. The van der Waals surface area contributed by atoms with Crippen molar-refractivity contribution in [3.05, 3.63) is 40.5 Å². The number of nitrogen functional groups attached to an aromatic ring is 1. The van der Waals surface area contributed by atoms with Crippen LogP contribution < -0.4 is 15.8 Å². The lowest BCUT2D eigenvalue weighted by Gasteiger charge is -2.16. The Morgan fingerprint density at radius 1 is 1.45 bits per heavy atom. The Labute approximate surface area is 122 Å². The zero-order valence-electron chi connectivity index (χ0n) is 11.1. The molecule has 6 heteroatoms. The molecule has 1 heterocycles. The SMILES string of the molecule is COc1ncc(Cl)c(NC2CCc3cc(N)ccc32)n1. The lowest BCUT2D eigenvalue weighted by molar-refractivity contribution is 0.380. The van der Waals surface area contributed by atoms with Gasteiger partial charge in [0.2, 0.25) is 0 Å². The fourth-order valence-electron chi connectivity index (χ4n) is 2.50. The number of fused-ring (bicyclic) bond motifs is 1. The normalized spacial score (nSPS) is 16.8. The van der Waals surface area contributed by atoms with E-state index in [1.807, 2.05) is 12.1 Å². The zero-order chi connectivity index (χ0) is 14.1. The molecular weight excluding hydrogens is 276 g/mol. The van der Waals surface area contributed by atoms with E-state index in [2.05, 4.69) is 21.4 Å². The van der Waals surface area contributed by atoms with Gasteiger partial charge in [-0.2, -0.15) is 4.98 Å². The number of rotatable bonds is 3. The molecule has 3 rings (SSSR count). The van der Waals surface area contributed by atoms with E-state index in [-0.39, 0.29) is 6.04 Å². The van der Waals surface area contributed by atoms with Crippen molar-refractivity contribution in [2.45, 2.75) is 18.9 Å². The fourth-order valence-corrected chi connectivity index (χ4v) is 2.65. The molecule has 0 bridgehead atoms. The number of hydrogen-bond donors (Lipinski definition) is 2. The maximum Gasteiger partial charge on any atom is 0.318 e. The van der Waals surface area contributed by atoms with Gasteiger partial charge < -0.3 is 15.8 Å². The van der Waals surface area contributed by atoms with Gasteiger partial charge in [-0.15, -0.1) is 0 Å². The molecule has 5 nitrogen and oxygen atoms in total. The Hall–Kier alpha value is -2.01. The molecule has 0 saturated heterocycles. The molecule has 2 aromatic rings. The second-order valence-corrected chi connectivity index (χ2v) is 5.15. The second-order valence-electron chi connectivity index (χ2n) is 4.75. The fraction of sp³-hybridized carbons (Fsp3) is 0.286. The highest BCUT2D eigenvalue weighted by Crippen LogP contribution is 2.36. The number of hydrogen-bond acceptors (Lipinski definition) is 5. The molecule has 0 saturated carbocycles. The van der Waals surface area contributed by atoms with Crippen LogP contribution in [0.3, 0.4) is 0 Å². The zero-order valence-corrected chi connectivity index (χ0v) is 11.8. The van der Waals surface area contributed by atoms with Gasteiger partial charge in [0.25, 0.3) is 0 Å². The average molecular weight is 291 g/mol. The molecule has 3 N–H and O–H groups in total. The van der Waals surface area contributed by atoms with Crippen molar-refractivity contribution in [1.29, 1.82) is 0 Å². The van der Waals surface area contributed by atoms with E-state index >= 15 is 0 Å². The van der Waals surface area contributed by atoms with E-state index in [4.69, 9.17) is 22.1 Å². The number of nitrogens with one attached hydrogen (secondary N) is 1. The van der Waals surface area contributed by atoms with Crippen LogP contribution in [0.4, 0.5) is 11.5 Å². The van der Waals surface area contributed by atoms with Crippen LogP contribution in [-0.2, 0) is 6.42 Å². The highest BCUT2D eigenvalue weighted by molar-refractivity contribution is 6.32. The summed E-state index contributed by atoms with van der Waals surface area (Å²) in [6, 6.07) is 6.48. The molecule has 0 radical (unpaired) electrons. The number of nitrogens with two attached hydrogens (primary N) is 1. The summed E-state index contributed by atoms with van der Waals surface area (Å²) >= 11 is 6.12. The molecule has 20 heavy (non-hydrogen) atoms. The maximum absolute atomic E-state index is 6.12. The van der Waals surface area contributed by atoms with Crippen molar-refractivity contribution in [3.8, 4) is 6.01 Å². The van der Waals surface area contributed by atoms with Crippen molar-refractivity contribution < 1.29 is 4.74 Å². The first-order valence-electron chi connectivity index (χ1n) is 6.38. The Balaban J connectivity index is 1.87. The largest absolute Gasteiger partial charge is 0.467 e. The molecule has 0 aliphatic heterocycles. The smallest absolute Gasteiger partial charge is 0.318 e. The van der Waals surface area contributed by atoms with Gasteiger partial charge in [0.15, 0.2) is 5.82 Å². The molecule has 0 fully saturated rings. The minimum Gasteiger partial charge on any atom is -0.467 e. The predicted octanol–water partition coefficient (Wildman–Crippen LogP) is 2.82. The molecule has 1 aromatic heterocycles. The summed E-state index contributed by atoms with van der Waals surface area (Å²) in [7, 11) is 1.53. The van der Waals surface area contributed by atoms with Crippen LogP contribution in [0.15, 0.2) is 24.4 Å². The predicted molar refractivity (Wildman–Crippen MR) is 79.1 cm³/mol. The van der Waals surface area contributed by atoms with E-state index in [1.165, 1.54) is 24.4 Å². The summed E-state index contributed by atoms with van der Waals surface area (Å²) in [5.41, 5.74) is 9.13. The van der Waals surface area contributed by atoms with Crippen LogP contribution >= 0.6 is 11.6 Å². The molecule has 1 unspecified atom stereocenters. The monoisotopic (exact) mass is 290 g/mol. The van der Waals surface area contributed by atoms with Gasteiger partial charge in [-0.05, 0) is 36.1 Å². The summed E-state index contributed by atoms with van der Waals surface area (Å²) in [6.07, 6.45) is 3.52. The van der Waals surface area contributed by atoms with Crippen molar-refractivity contribution >= 4 is 23.1 Å². The first kappa shape index (κ1) is 13.0. The van der Waals surface area contributed by atoms with Crippen LogP contribution in [0.25, 0.3) is 0 Å². The quantitative estimate of drug-likeness (QED) is 0.850. The van der Waals surface area contributed by atoms with Crippen molar-refractivity contribution in [2.75, 3.05) is 18.2 Å². The van der Waals surface area contributed by atoms with Gasteiger partial charge in [-0.25, -0.2) is 4.98 Å². The minimum atomic E-state index is 0.183. The Bertz CT molecular complexity index is 647. The van der Waals surface area contributed by atoms with E-state index in [0.717, 1.165) is 18.5 Å². The number of benzene rings is 1. The van der Waals surface area contributed by atoms with Gasteiger partial charge in [0, 0.05) is 5.69 Å². The van der Waals surface area contributed by atoms with Crippen LogP contribution in [0, 0.1) is 0 Å². The molecule has 1 aromatic carbocycles. The summed E-state index contributed by atoms with van der Waals surface area (Å²) in [4.78, 5) is 8.21. The van der Waals surface area contributed by atoms with Crippen LogP contribution in [0.2, 0.25) is 5.02 Å². The third-order valence-corrected chi connectivity index (χ3v) is 3.74. The summed E-state index contributed by atoms with van der Waals surface area (Å²) < 4.78 is 5.02. The number of aromatic nitrogens is 2. The molecular formula is C14H15ClN4O.